The van der Waals surface area contributed by atoms with Gasteiger partial charge in [-0.15, -0.1) is 5.10 Å². The Morgan fingerprint density at radius 1 is 1.45 bits per heavy atom. The van der Waals surface area contributed by atoms with E-state index in [1.54, 1.807) is 0 Å². The van der Waals surface area contributed by atoms with Gasteiger partial charge in [-0.25, -0.2) is 0 Å². The molecule has 1 aromatic rings. The summed E-state index contributed by atoms with van der Waals surface area (Å²) in [6.07, 6.45) is -4.49. The highest BCUT2D eigenvalue weighted by molar-refractivity contribution is 7.05. The molecule has 0 saturated carbocycles. The summed E-state index contributed by atoms with van der Waals surface area (Å²) in [5.74, 6) is 0. The summed E-state index contributed by atoms with van der Waals surface area (Å²) >= 11 is 0.164. The molecular formula is C4HF3N2OS. The summed E-state index contributed by atoms with van der Waals surface area (Å²) in [5.41, 5.74) is -0.650. The topological polar surface area (TPSA) is 42.9 Å². The molecule has 0 radical (unpaired) electrons. The minimum Gasteiger partial charge on any atom is -0.296 e. The molecule has 0 aliphatic carbocycles. The maximum absolute atomic E-state index is 11.8. The Labute approximate surface area is 63.0 Å². The number of aromatic nitrogens is 2. The number of hydrogen-bond acceptors (Lipinski definition) is 4. The molecule has 0 aromatic carbocycles. The molecule has 7 heteroatoms. The first-order valence-electron chi connectivity index (χ1n) is 2.40. The summed E-state index contributed by atoms with van der Waals surface area (Å²) in [6, 6.07) is 0. The van der Waals surface area contributed by atoms with Crippen molar-refractivity contribution in [3.05, 3.63) is 10.6 Å². The zero-order valence-corrected chi connectivity index (χ0v) is 5.74. The van der Waals surface area contributed by atoms with Crippen molar-refractivity contribution in [2.24, 2.45) is 0 Å². The van der Waals surface area contributed by atoms with Crippen molar-refractivity contribution in [2.45, 2.75) is 6.18 Å². The van der Waals surface area contributed by atoms with E-state index in [1.165, 1.54) is 0 Å². The minimum atomic E-state index is -4.52. The second kappa shape index (κ2) is 2.57. The summed E-state index contributed by atoms with van der Waals surface area (Å²) in [6.45, 7) is 0. The standard InChI is InChI=1S/C4HF3N2OS/c5-4(6,7)3-2(1-10)8-9-11-3/h1H. The van der Waals surface area contributed by atoms with E-state index in [9.17, 15) is 18.0 Å². The van der Waals surface area contributed by atoms with Crippen molar-refractivity contribution in [3.8, 4) is 0 Å². The van der Waals surface area contributed by atoms with E-state index < -0.39 is 16.7 Å². The molecule has 1 heterocycles. The van der Waals surface area contributed by atoms with Crippen LogP contribution in [0, 0.1) is 0 Å². The van der Waals surface area contributed by atoms with Crippen LogP contribution in [0.1, 0.15) is 15.4 Å². The van der Waals surface area contributed by atoms with Gasteiger partial charge in [0, 0.05) is 0 Å². The van der Waals surface area contributed by atoms with Crippen molar-refractivity contribution < 1.29 is 18.0 Å². The fraction of sp³-hybridized carbons (Fsp3) is 0.250. The first-order valence-corrected chi connectivity index (χ1v) is 3.18. The third-order valence-electron chi connectivity index (χ3n) is 0.882. The molecule has 0 fully saturated rings. The molecule has 60 valence electrons. The Balaban J connectivity index is 3.12. The number of aldehydes is 1. The molecule has 0 N–H and O–H groups in total. The molecule has 0 spiro atoms. The molecule has 0 unspecified atom stereocenters. The van der Waals surface area contributed by atoms with Gasteiger partial charge in [-0.1, -0.05) is 4.49 Å². The second-order valence-electron chi connectivity index (χ2n) is 1.60. The van der Waals surface area contributed by atoms with Crippen molar-refractivity contribution in [1.82, 2.24) is 9.59 Å². The largest absolute Gasteiger partial charge is 0.429 e. The molecule has 0 bridgehead atoms. The molecule has 0 amide bonds. The fourth-order valence-corrected chi connectivity index (χ4v) is 0.968. The maximum atomic E-state index is 11.8. The average molecular weight is 182 g/mol. The highest BCUT2D eigenvalue weighted by Gasteiger charge is 2.36. The molecule has 0 aliphatic heterocycles. The number of carbonyl (C=O) groups is 1. The molecule has 11 heavy (non-hydrogen) atoms. The van der Waals surface area contributed by atoms with Crippen LogP contribution in [0.2, 0.25) is 0 Å². The smallest absolute Gasteiger partial charge is 0.296 e. The lowest BCUT2D eigenvalue weighted by atomic mass is 10.4. The van der Waals surface area contributed by atoms with Gasteiger partial charge < -0.3 is 0 Å². The van der Waals surface area contributed by atoms with E-state index in [4.69, 9.17) is 0 Å². The third kappa shape index (κ3) is 1.53. The number of halogens is 3. The molecule has 0 saturated heterocycles. The number of rotatable bonds is 1. The van der Waals surface area contributed by atoms with Crippen LogP contribution in [-0.4, -0.2) is 15.9 Å². The Morgan fingerprint density at radius 2 is 2.09 bits per heavy atom. The van der Waals surface area contributed by atoms with Crippen molar-refractivity contribution in [1.29, 1.82) is 0 Å². The summed E-state index contributed by atoms with van der Waals surface area (Å²) in [7, 11) is 0. The van der Waals surface area contributed by atoms with Gasteiger partial charge in [0.15, 0.2) is 16.9 Å². The summed E-state index contributed by atoms with van der Waals surface area (Å²) in [4.78, 5) is 8.89. The average Bonchev–Trinajstić information content (AvgIpc) is 2.31. The van der Waals surface area contributed by atoms with Crippen LogP contribution in [0.5, 0.6) is 0 Å². The van der Waals surface area contributed by atoms with E-state index in [0.29, 0.717) is 0 Å². The number of carbonyl (C=O) groups excluding carboxylic acids is 1. The lowest BCUT2D eigenvalue weighted by Gasteiger charge is -1.99. The molecule has 1 rings (SSSR count). The van der Waals surface area contributed by atoms with Gasteiger partial charge in [-0.2, -0.15) is 13.2 Å². The Morgan fingerprint density at radius 3 is 2.45 bits per heavy atom. The van der Waals surface area contributed by atoms with Gasteiger partial charge in [-0.05, 0) is 11.5 Å². The highest BCUT2D eigenvalue weighted by atomic mass is 32.1. The van der Waals surface area contributed by atoms with Crippen molar-refractivity contribution in [3.63, 3.8) is 0 Å². The van der Waals surface area contributed by atoms with Crippen LogP contribution in [0.15, 0.2) is 0 Å². The van der Waals surface area contributed by atoms with E-state index in [-0.39, 0.29) is 17.8 Å². The Hall–Kier alpha value is -0.980. The minimum absolute atomic E-state index is 0.0341. The lowest BCUT2D eigenvalue weighted by molar-refractivity contribution is -0.134. The Kier molecular flexibility index (Phi) is 1.90. The van der Waals surface area contributed by atoms with E-state index in [0.717, 1.165) is 0 Å². The molecule has 0 aliphatic rings. The van der Waals surface area contributed by atoms with Gasteiger partial charge >= 0.3 is 6.18 Å². The van der Waals surface area contributed by atoms with Crippen LogP contribution < -0.4 is 0 Å². The molecular weight excluding hydrogens is 181 g/mol. The molecule has 0 atom stereocenters. The molecule has 1 aromatic heterocycles. The van der Waals surface area contributed by atoms with Gasteiger partial charge in [0.1, 0.15) is 0 Å². The van der Waals surface area contributed by atoms with E-state index in [2.05, 4.69) is 9.59 Å². The predicted molar refractivity (Wildman–Crippen MR) is 30.3 cm³/mol. The summed E-state index contributed by atoms with van der Waals surface area (Å²) < 4.78 is 38.5. The van der Waals surface area contributed by atoms with Crippen LogP contribution in [0.25, 0.3) is 0 Å². The van der Waals surface area contributed by atoms with Crippen LogP contribution in [0.4, 0.5) is 13.2 Å². The van der Waals surface area contributed by atoms with Crippen LogP contribution in [-0.2, 0) is 6.18 Å². The highest BCUT2D eigenvalue weighted by Crippen LogP contribution is 2.32. The summed E-state index contributed by atoms with van der Waals surface area (Å²) in [5, 5.41) is 2.98. The Bertz CT molecular complexity index is 269. The zero-order valence-electron chi connectivity index (χ0n) is 4.92. The van der Waals surface area contributed by atoms with Gasteiger partial charge in [0.25, 0.3) is 0 Å². The number of hydrogen-bond donors (Lipinski definition) is 0. The van der Waals surface area contributed by atoms with Gasteiger partial charge in [0.2, 0.25) is 0 Å². The first-order chi connectivity index (χ1) is 5.05. The van der Waals surface area contributed by atoms with Crippen molar-refractivity contribution >= 4 is 17.8 Å². The van der Waals surface area contributed by atoms with Crippen LogP contribution >= 0.6 is 11.5 Å². The second-order valence-corrected chi connectivity index (χ2v) is 2.36. The predicted octanol–water partition coefficient (Wildman–Crippen LogP) is 1.37. The lowest BCUT2D eigenvalue weighted by Crippen LogP contribution is -2.05. The first kappa shape index (κ1) is 8.12. The number of nitrogens with zero attached hydrogens (tertiary/aromatic N) is 2. The fourth-order valence-electron chi connectivity index (χ4n) is 0.471. The van der Waals surface area contributed by atoms with Crippen molar-refractivity contribution in [2.75, 3.05) is 0 Å². The maximum Gasteiger partial charge on any atom is 0.429 e. The van der Waals surface area contributed by atoms with Gasteiger partial charge in [0.05, 0.1) is 0 Å². The quantitative estimate of drug-likeness (QED) is 0.616. The van der Waals surface area contributed by atoms with Crippen LogP contribution in [0.3, 0.4) is 0 Å². The number of alkyl halides is 3. The SMILES string of the molecule is O=Cc1nnsc1C(F)(F)F. The van der Waals surface area contributed by atoms with E-state index in [1.807, 2.05) is 0 Å². The molecule has 3 nitrogen and oxygen atoms in total. The normalized spacial score (nSPS) is 11.5. The monoisotopic (exact) mass is 182 g/mol. The van der Waals surface area contributed by atoms with E-state index >= 15 is 0 Å². The third-order valence-corrected chi connectivity index (χ3v) is 1.67. The zero-order chi connectivity index (χ0) is 8.48. The van der Waals surface area contributed by atoms with Gasteiger partial charge in [-0.3, -0.25) is 4.79 Å².